The molecule has 0 aliphatic carbocycles. The topological polar surface area (TPSA) is 115 Å². The van der Waals surface area contributed by atoms with Crippen molar-refractivity contribution in [3.63, 3.8) is 0 Å². The number of halogens is 1. The summed E-state index contributed by atoms with van der Waals surface area (Å²) >= 11 is 6.75. The van der Waals surface area contributed by atoms with Crippen LogP contribution in [0.5, 0.6) is 0 Å². The molecule has 11 nitrogen and oxygen atoms in total. The number of nitrogens with one attached hydrogen (secondary N) is 1. The molecule has 2 fully saturated rings. The molecule has 1 aromatic carbocycles. The van der Waals surface area contributed by atoms with Gasteiger partial charge in [0.05, 0.1) is 25.1 Å². The quantitative estimate of drug-likeness (QED) is 0.357. The first-order valence-corrected chi connectivity index (χ1v) is 14.0. The van der Waals surface area contributed by atoms with E-state index in [1.54, 1.807) is 4.52 Å². The molecule has 5 heterocycles. The zero-order chi connectivity index (χ0) is 26.9. The van der Waals surface area contributed by atoms with Crippen molar-refractivity contribution in [1.29, 1.82) is 0 Å². The second kappa shape index (κ2) is 11.0. The van der Waals surface area contributed by atoms with Gasteiger partial charge in [-0.3, -0.25) is 0 Å². The van der Waals surface area contributed by atoms with Crippen molar-refractivity contribution in [2.45, 2.75) is 45.2 Å². The van der Waals surface area contributed by atoms with Gasteiger partial charge in [0.25, 0.3) is 0 Å². The minimum Gasteiger partial charge on any atom is -0.378 e. The average Bonchev–Trinajstić information content (AvgIpc) is 3.61. The fourth-order valence-electron chi connectivity index (χ4n) is 5.16. The van der Waals surface area contributed by atoms with Gasteiger partial charge in [-0.2, -0.15) is 24.7 Å². The highest BCUT2D eigenvalue weighted by Crippen LogP contribution is 2.28. The summed E-state index contributed by atoms with van der Waals surface area (Å²) in [5.41, 5.74) is 9.88. The lowest BCUT2D eigenvalue weighted by molar-refractivity contribution is 0.122. The largest absolute Gasteiger partial charge is 0.378 e. The number of nitrogens with zero attached hydrogens (tertiary/aromatic N) is 8. The number of hydrogen-bond donors (Lipinski definition) is 2. The highest BCUT2D eigenvalue weighted by molar-refractivity contribution is 6.31. The molecule has 0 unspecified atom stereocenters. The Hall–Kier alpha value is -3.41. The molecule has 4 aromatic rings. The summed E-state index contributed by atoms with van der Waals surface area (Å²) in [5.74, 6) is 2.53. The Labute approximate surface area is 232 Å². The maximum absolute atomic E-state index is 6.75. The lowest BCUT2D eigenvalue weighted by Crippen LogP contribution is -2.40. The Morgan fingerprint density at radius 3 is 2.64 bits per heavy atom. The number of fused-ring (bicyclic) bond motifs is 1. The van der Waals surface area contributed by atoms with Crippen LogP contribution in [0.25, 0.3) is 11.3 Å². The fraction of sp³-hybridized carbons (Fsp3) is 0.481. The molecule has 3 aromatic heterocycles. The molecular formula is C27H35ClN10O. The summed E-state index contributed by atoms with van der Waals surface area (Å²) in [6, 6.07) is 8.14. The van der Waals surface area contributed by atoms with Crippen LogP contribution in [0.15, 0.2) is 36.7 Å². The number of hydrogen-bond acceptors (Lipinski definition) is 9. The van der Waals surface area contributed by atoms with E-state index in [0.717, 1.165) is 67.3 Å². The van der Waals surface area contributed by atoms with Crippen LogP contribution in [0.2, 0.25) is 5.02 Å². The number of benzene rings is 1. The summed E-state index contributed by atoms with van der Waals surface area (Å²) in [4.78, 5) is 14.3. The Morgan fingerprint density at radius 2 is 1.87 bits per heavy atom. The SMILES string of the molecule is CC(C)c1cnn2c(NCc3c(Cl)cccc3-n3ccc(N4CCOCC4)n3)nc(N3CCC(N)CC3)nc12. The minimum absolute atomic E-state index is 0.230. The number of rotatable bonds is 7. The van der Waals surface area contributed by atoms with Gasteiger partial charge in [-0.15, -0.1) is 0 Å². The second-order valence-electron chi connectivity index (χ2n) is 10.5. The predicted octanol–water partition coefficient (Wildman–Crippen LogP) is 3.46. The van der Waals surface area contributed by atoms with Gasteiger partial charge in [-0.25, -0.2) is 4.68 Å². The molecule has 0 bridgehead atoms. The summed E-state index contributed by atoms with van der Waals surface area (Å²) < 4.78 is 9.16. The van der Waals surface area contributed by atoms with Crippen LogP contribution in [0, 0.1) is 0 Å². The Kier molecular flexibility index (Phi) is 7.28. The third kappa shape index (κ3) is 5.26. The lowest BCUT2D eigenvalue weighted by Gasteiger charge is -2.30. The third-order valence-corrected chi connectivity index (χ3v) is 7.86. The van der Waals surface area contributed by atoms with E-state index in [4.69, 9.17) is 37.1 Å². The molecule has 3 N–H and O–H groups in total. The number of aromatic nitrogens is 6. The summed E-state index contributed by atoms with van der Waals surface area (Å²) in [5, 5.41) is 13.7. The molecule has 2 aliphatic heterocycles. The van der Waals surface area contributed by atoms with Crippen LogP contribution in [0.4, 0.5) is 17.7 Å². The summed E-state index contributed by atoms with van der Waals surface area (Å²) in [6.45, 7) is 9.50. The van der Waals surface area contributed by atoms with Gasteiger partial charge in [0.15, 0.2) is 11.5 Å². The van der Waals surface area contributed by atoms with E-state index in [2.05, 4.69) is 34.1 Å². The zero-order valence-electron chi connectivity index (χ0n) is 22.4. The smallest absolute Gasteiger partial charge is 0.230 e. The Balaban J connectivity index is 1.31. The zero-order valence-corrected chi connectivity index (χ0v) is 23.2. The molecule has 2 saturated heterocycles. The molecule has 39 heavy (non-hydrogen) atoms. The van der Waals surface area contributed by atoms with Gasteiger partial charge in [0.1, 0.15) is 0 Å². The van der Waals surface area contributed by atoms with Gasteiger partial charge >= 0.3 is 0 Å². The van der Waals surface area contributed by atoms with Crippen molar-refractivity contribution in [1.82, 2.24) is 29.4 Å². The number of morpholine rings is 1. The van der Waals surface area contributed by atoms with Crippen LogP contribution in [0.1, 0.15) is 43.7 Å². The molecule has 2 aliphatic rings. The van der Waals surface area contributed by atoms with Gasteiger partial charge < -0.3 is 25.6 Å². The van der Waals surface area contributed by atoms with Crippen molar-refractivity contribution in [2.75, 3.05) is 54.5 Å². The Morgan fingerprint density at radius 1 is 1.08 bits per heavy atom. The highest BCUT2D eigenvalue weighted by atomic mass is 35.5. The van der Waals surface area contributed by atoms with Crippen LogP contribution in [-0.4, -0.2) is 74.8 Å². The maximum Gasteiger partial charge on any atom is 0.230 e. The fourth-order valence-corrected chi connectivity index (χ4v) is 5.40. The molecule has 12 heteroatoms. The van der Waals surface area contributed by atoms with Crippen LogP contribution in [-0.2, 0) is 11.3 Å². The highest BCUT2D eigenvalue weighted by Gasteiger charge is 2.23. The van der Waals surface area contributed by atoms with Crippen molar-refractivity contribution in [3.05, 3.63) is 52.8 Å². The number of piperidine rings is 1. The van der Waals surface area contributed by atoms with Crippen molar-refractivity contribution < 1.29 is 4.74 Å². The van der Waals surface area contributed by atoms with Crippen LogP contribution < -0.4 is 20.9 Å². The number of ether oxygens (including phenoxy) is 1. The van der Waals surface area contributed by atoms with Crippen molar-refractivity contribution in [2.24, 2.45) is 5.73 Å². The van der Waals surface area contributed by atoms with Gasteiger partial charge in [0, 0.05) is 67.2 Å². The summed E-state index contributed by atoms with van der Waals surface area (Å²) in [6.07, 6.45) is 5.71. The molecule has 0 amide bonds. The standard InChI is InChI=1S/C27H35ClN10O/c1-18(2)20-17-31-38-25(20)32-27(36-9-6-19(29)7-10-36)33-26(38)30-16-21-22(28)4-3-5-23(21)37-11-8-24(34-37)35-12-14-39-15-13-35/h3-5,8,11,17-19H,6-7,9-10,12-16,29H2,1-2H3,(H,30,32,33). The van der Waals surface area contributed by atoms with E-state index >= 15 is 0 Å². The molecular weight excluding hydrogens is 516 g/mol. The molecule has 0 saturated carbocycles. The minimum atomic E-state index is 0.230. The first-order valence-electron chi connectivity index (χ1n) is 13.6. The van der Waals surface area contributed by atoms with E-state index in [1.807, 2.05) is 41.3 Å². The van der Waals surface area contributed by atoms with E-state index in [9.17, 15) is 0 Å². The summed E-state index contributed by atoms with van der Waals surface area (Å²) in [7, 11) is 0. The van der Waals surface area contributed by atoms with Gasteiger partial charge in [-0.1, -0.05) is 31.5 Å². The normalized spacial score (nSPS) is 16.9. The molecule has 206 valence electrons. The number of anilines is 3. The van der Waals surface area contributed by atoms with E-state index in [1.165, 1.54) is 0 Å². The first kappa shape index (κ1) is 25.8. The van der Waals surface area contributed by atoms with E-state index in [-0.39, 0.29) is 12.0 Å². The van der Waals surface area contributed by atoms with E-state index in [0.29, 0.717) is 36.7 Å². The maximum atomic E-state index is 6.75. The number of nitrogens with two attached hydrogens (primary N) is 1. The molecule has 6 rings (SSSR count). The van der Waals surface area contributed by atoms with Crippen LogP contribution in [0.3, 0.4) is 0 Å². The predicted molar refractivity (Wildman–Crippen MR) is 153 cm³/mol. The van der Waals surface area contributed by atoms with Crippen molar-refractivity contribution >= 4 is 35.0 Å². The molecule has 0 radical (unpaired) electrons. The monoisotopic (exact) mass is 550 g/mol. The average molecular weight is 551 g/mol. The van der Waals surface area contributed by atoms with Crippen molar-refractivity contribution in [3.8, 4) is 5.69 Å². The van der Waals surface area contributed by atoms with Gasteiger partial charge in [-0.05, 0) is 30.9 Å². The third-order valence-electron chi connectivity index (χ3n) is 7.50. The Bertz CT molecular complexity index is 1440. The molecule has 0 spiro atoms. The van der Waals surface area contributed by atoms with Gasteiger partial charge in [0.2, 0.25) is 11.9 Å². The lowest BCUT2D eigenvalue weighted by atomic mass is 10.1. The second-order valence-corrected chi connectivity index (χ2v) is 10.9. The molecule has 0 atom stereocenters. The van der Waals surface area contributed by atoms with E-state index < -0.39 is 0 Å². The first-order chi connectivity index (χ1) is 19.0. The van der Waals surface area contributed by atoms with Crippen LogP contribution >= 0.6 is 11.6 Å².